The summed E-state index contributed by atoms with van der Waals surface area (Å²) in [6.45, 7) is 3.41. The number of carbonyl (C=O) groups is 2. The average molecular weight is 260 g/mol. The molecular weight excluding hydrogens is 244 g/mol. The Morgan fingerprint density at radius 1 is 1.26 bits per heavy atom. The van der Waals surface area contributed by atoms with E-state index < -0.39 is 0 Å². The van der Waals surface area contributed by atoms with E-state index in [2.05, 4.69) is 17.8 Å². The fourth-order valence-corrected chi connectivity index (χ4v) is 1.86. The Hall–Kier alpha value is -2.30. The van der Waals surface area contributed by atoms with Gasteiger partial charge in [0, 0.05) is 17.9 Å². The zero-order chi connectivity index (χ0) is 13.8. The zero-order valence-electron chi connectivity index (χ0n) is 10.9. The van der Waals surface area contributed by atoms with Crippen LogP contribution in [-0.2, 0) is 22.4 Å². The second-order valence-electron chi connectivity index (χ2n) is 4.35. The summed E-state index contributed by atoms with van der Waals surface area (Å²) in [4.78, 5) is 22.3. The molecule has 0 bridgehead atoms. The van der Waals surface area contributed by atoms with Crippen LogP contribution in [0.5, 0.6) is 0 Å². The van der Waals surface area contributed by atoms with Crippen LogP contribution in [-0.4, -0.2) is 11.8 Å². The maximum absolute atomic E-state index is 11.6. The summed E-state index contributed by atoms with van der Waals surface area (Å²) >= 11 is 0. The molecule has 19 heavy (non-hydrogen) atoms. The number of rotatable bonds is 3. The van der Waals surface area contributed by atoms with Crippen molar-refractivity contribution in [3.63, 3.8) is 0 Å². The summed E-state index contributed by atoms with van der Waals surface area (Å²) in [5, 5.41) is 0.926. The van der Waals surface area contributed by atoms with Gasteiger partial charge in [0.25, 0.3) is 0 Å². The first-order valence-corrected chi connectivity index (χ1v) is 6.14. The first-order valence-electron chi connectivity index (χ1n) is 6.14. The summed E-state index contributed by atoms with van der Waals surface area (Å²) < 4.78 is 5.45. The van der Waals surface area contributed by atoms with E-state index in [0.717, 1.165) is 23.0 Å². The molecule has 0 aliphatic rings. The number of carbonyl (C=O) groups excluding carboxylic acids is 2. The van der Waals surface area contributed by atoms with Crippen LogP contribution >= 0.6 is 0 Å². The molecule has 0 saturated heterocycles. The summed E-state index contributed by atoms with van der Waals surface area (Å²) in [7, 11) is 0. The van der Waals surface area contributed by atoms with Crippen molar-refractivity contribution in [2.75, 3.05) is 0 Å². The Balaban J connectivity index is 2.13. The Morgan fingerprint density at radius 3 is 2.74 bits per heavy atom. The Morgan fingerprint density at radius 2 is 2.05 bits per heavy atom. The normalized spacial score (nSPS) is 10.4. The van der Waals surface area contributed by atoms with Crippen molar-refractivity contribution in [3.8, 4) is 0 Å². The number of hydrogen-bond donors (Lipinski definition) is 2. The van der Waals surface area contributed by atoms with Gasteiger partial charge in [-0.05, 0) is 18.1 Å². The summed E-state index contributed by atoms with van der Waals surface area (Å²) in [5.74, 6) is -0.588. The van der Waals surface area contributed by atoms with E-state index in [-0.39, 0.29) is 18.2 Å². The van der Waals surface area contributed by atoms with Crippen molar-refractivity contribution in [3.05, 3.63) is 35.6 Å². The molecule has 1 aromatic carbocycles. The number of benzene rings is 1. The Labute approximate surface area is 110 Å². The number of hydrogen-bond acceptors (Lipinski definition) is 3. The standard InChI is InChI=1S/C14H16N2O3/c1-3-10-4-5-12-11(8-19-13(12)6-10)7-14(18)16-15-9(2)17/h4-6,8H,3,7H2,1-2H3,(H,15,17)(H,16,18). The first kappa shape index (κ1) is 13.1. The molecule has 2 aromatic rings. The van der Waals surface area contributed by atoms with Crippen LogP contribution in [0.3, 0.4) is 0 Å². The number of hydrazine groups is 1. The van der Waals surface area contributed by atoms with E-state index in [1.165, 1.54) is 12.5 Å². The van der Waals surface area contributed by atoms with Gasteiger partial charge < -0.3 is 4.42 Å². The van der Waals surface area contributed by atoms with Crippen molar-refractivity contribution in [1.29, 1.82) is 0 Å². The second-order valence-corrected chi connectivity index (χ2v) is 4.35. The summed E-state index contributed by atoms with van der Waals surface area (Å²) in [6, 6.07) is 5.95. The van der Waals surface area contributed by atoms with Gasteiger partial charge in [-0.1, -0.05) is 19.1 Å². The minimum atomic E-state index is -0.307. The van der Waals surface area contributed by atoms with E-state index >= 15 is 0 Å². The summed E-state index contributed by atoms with van der Waals surface area (Å²) in [6.07, 6.45) is 2.69. The fraction of sp³-hybridized carbons (Fsp3) is 0.286. The molecule has 2 N–H and O–H groups in total. The third-order valence-electron chi connectivity index (χ3n) is 2.86. The smallest absolute Gasteiger partial charge is 0.242 e. The molecule has 2 amide bonds. The highest BCUT2D eigenvalue weighted by atomic mass is 16.3. The quantitative estimate of drug-likeness (QED) is 0.825. The molecule has 0 aliphatic heterocycles. The van der Waals surface area contributed by atoms with Gasteiger partial charge in [-0.25, -0.2) is 0 Å². The maximum atomic E-state index is 11.6. The average Bonchev–Trinajstić information content (AvgIpc) is 2.78. The van der Waals surface area contributed by atoms with Gasteiger partial charge in [0.2, 0.25) is 11.8 Å². The lowest BCUT2D eigenvalue weighted by molar-refractivity contribution is -0.127. The molecule has 0 atom stereocenters. The monoisotopic (exact) mass is 260 g/mol. The van der Waals surface area contributed by atoms with Crippen molar-refractivity contribution < 1.29 is 14.0 Å². The lowest BCUT2D eigenvalue weighted by atomic mass is 10.1. The van der Waals surface area contributed by atoms with Crippen LogP contribution in [0.4, 0.5) is 0 Å². The van der Waals surface area contributed by atoms with Crippen LogP contribution < -0.4 is 10.9 Å². The lowest BCUT2D eigenvalue weighted by Crippen LogP contribution is -2.41. The van der Waals surface area contributed by atoms with Gasteiger partial charge in [-0.15, -0.1) is 0 Å². The molecule has 1 heterocycles. The zero-order valence-corrected chi connectivity index (χ0v) is 10.9. The number of furan rings is 1. The third-order valence-corrected chi connectivity index (χ3v) is 2.86. The fourth-order valence-electron chi connectivity index (χ4n) is 1.86. The van der Waals surface area contributed by atoms with Crippen LogP contribution in [0.2, 0.25) is 0 Å². The lowest BCUT2D eigenvalue weighted by Gasteiger charge is -2.03. The van der Waals surface area contributed by atoms with E-state index in [1.807, 2.05) is 18.2 Å². The molecule has 0 saturated carbocycles. The Bertz CT molecular complexity index is 616. The van der Waals surface area contributed by atoms with Crippen LogP contribution in [0.15, 0.2) is 28.9 Å². The molecule has 1 aromatic heterocycles. The maximum Gasteiger partial charge on any atom is 0.242 e. The number of amides is 2. The highest BCUT2D eigenvalue weighted by Crippen LogP contribution is 2.23. The Kier molecular flexibility index (Phi) is 3.85. The highest BCUT2D eigenvalue weighted by molar-refractivity contribution is 5.88. The molecule has 0 fully saturated rings. The molecule has 2 rings (SSSR count). The molecule has 0 unspecified atom stereocenters. The van der Waals surface area contributed by atoms with E-state index in [9.17, 15) is 9.59 Å². The second kappa shape index (κ2) is 5.56. The molecule has 5 heteroatoms. The summed E-state index contributed by atoms with van der Waals surface area (Å²) in [5.41, 5.74) is 7.36. The predicted molar refractivity (Wildman–Crippen MR) is 71.3 cm³/mol. The van der Waals surface area contributed by atoms with Gasteiger partial charge in [-0.2, -0.15) is 0 Å². The van der Waals surface area contributed by atoms with Crippen molar-refractivity contribution in [2.45, 2.75) is 26.7 Å². The molecular formula is C14H16N2O3. The van der Waals surface area contributed by atoms with Crippen molar-refractivity contribution >= 4 is 22.8 Å². The molecule has 0 aliphatic carbocycles. The molecule has 100 valence electrons. The van der Waals surface area contributed by atoms with Crippen molar-refractivity contribution in [2.24, 2.45) is 0 Å². The van der Waals surface area contributed by atoms with Gasteiger partial charge in [0.1, 0.15) is 5.58 Å². The third kappa shape index (κ3) is 3.13. The SMILES string of the molecule is CCc1ccc2c(CC(=O)NNC(C)=O)coc2c1. The van der Waals surface area contributed by atoms with Gasteiger partial charge >= 0.3 is 0 Å². The topological polar surface area (TPSA) is 71.3 Å². The van der Waals surface area contributed by atoms with Crippen LogP contribution in [0.1, 0.15) is 25.0 Å². The number of aryl methyl sites for hydroxylation is 1. The number of fused-ring (bicyclic) bond motifs is 1. The predicted octanol–water partition coefficient (Wildman–Crippen LogP) is 1.70. The van der Waals surface area contributed by atoms with E-state index in [4.69, 9.17) is 4.42 Å². The molecule has 0 spiro atoms. The molecule has 5 nitrogen and oxygen atoms in total. The first-order chi connectivity index (χ1) is 9.10. The minimum Gasteiger partial charge on any atom is -0.464 e. The largest absolute Gasteiger partial charge is 0.464 e. The highest BCUT2D eigenvalue weighted by Gasteiger charge is 2.10. The van der Waals surface area contributed by atoms with Gasteiger partial charge in [0.05, 0.1) is 12.7 Å². The molecule has 0 radical (unpaired) electrons. The van der Waals surface area contributed by atoms with Crippen LogP contribution in [0, 0.1) is 0 Å². The minimum absolute atomic E-state index is 0.165. The van der Waals surface area contributed by atoms with E-state index in [0.29, 0.717) is 0 Å². The van der Waals surface area contributed by atoms with Gasteiger partial charge in [-0.3, -0.25) is 20.4 Å². The number of nitrogens with one attached hydrogen (secondary N) is 2. The van der Waals surface area contributed by atoms with Gasteiger partial charge in [0.15, 0.2) is 0 Å². The van der Waals surface area contributed by atoms with E-state index in [1.54, 1.807) is 6.26 Å². The van der Waals surface area contributed by atoms with Crippen LogP contribution in [0.25, 0.3) is 11.0 Å². The van der Waals surface area contributed by atoms with Crippen molar-refractivity contribution in [1.82, 2.24) is 10.9 Å².